The first kappa shape index (κ1) is 23.8. The lowest BCUT2D eigenvalue weighted by Gasteiger charge is -2.19. The van der Waals surface area contributed by atoms with E-state index in [1.807, 2.05) is 137 Å². The number of para-hydroxylation sites is 7. The Bertz CT molecular complexity index is 3940. The van der Waals surface area contributed by atoms with Gasteiger partial charge in [0.25, 0.3) is 0 Å². The molecule has 0 fully saturated rings. The molecule has 0 aliphatic carbocycles. The minimum atomic E-state index is -0.509. The molecule has 0 amide bonds. The standard InChI is InChI=1S/C51H32N6/c1-2-17-33(18-3-1)34-25-16-26-41(48(34)55-42-27-10-4-19-35(42)36-20-5-11-28-43(36)55)49-52-50(56-44-29-12-6-21-37(44)38-22-7-13-30-45(38)56)54-51(53-49)57-46-31-14-8-23-39(46)40-24-9-15-32-47(40)57/h1-32H/i1D,2D,3D,6D,12D,17D,18D,21D,29D. The predicted molar refractivity (Wildman–Crippen MR) is 234 cm³/mol. The number of aromatic nitrogens is 6. The van der Waals surface area contributed by atoms with Crippen LogP contribution in [0.4, 0.5) is 0 Å². The lowest BCUT2D eigenvalue weighted by Crippen LogP contribution is -2.11. The van der Waals surface area contributed by atoms with Gasteiger partial charge in [-0.25, -0.2) is 0 Å². The molecule has 57 heavy (non-hydrogen) atoms. The third-order valence-corrected chi connectivity index (χ3v) is 10.7. The van der Waals surface area contributed by atoms with Crippen molar-refractivity contribution in [2.24, 2.45) is 0 Å². The summed E-state index contributed by atoms with van der Waals surface area (Å²) < 4.78 is 85.9. The normalized spacial score (nSPS) is 14.1. The summed E-state index contributed by atoms with van der Waals surface area (Å²) in [6.45, 7) is 0. The van der Waals surface area contributed by atoms with Crippen LogP contribution in [0.25, 0.3) is 106 Å². The van der Waals surface area contributed by atoms with Crippen molar-refractivity contribution in [3.8, 4) is 40.1 Å². The molecule has 4 heterocycles. The van der Waals surface area contributed by atoms with Crippen molar-refractivity contribution in [3.05, 3.63) is 194 Å². The lowest BCUT2D eigenvalue weighted by molar-refractivity contribution is 0.892. The number of benzene rings is 8. The average molecular weight is 738 g/mol. The fourth-order valence-electron chi connectivity index (χ4n) is 8.40. The van der Waals surface area contributed by atoms with Gasteiger partial charge >= 0.3 is 0 Å². The molecule has 0 unspecified atom stereocenters. The largest absolute Gasteiger partial charge is 0.308 e. The molecule has 0 aliphatic heterocycles. The van der Waals surface area contributed by atoms with Crippen molar-refractivity contribution < 1.29 is 12.3 Å². The van der Waals surface area contributed by atoms with Crippen LogP contribution in [0, 0.1) is 0 Å². The number of nitrogens with zero attached hydrogens (tertiary/aromatic N) is 6. The zero-order valence-electron chi connectivity index (χ0n) is 39.0. The van der Waals surface area contributed by atoms with Gasteiger partial charge < -0.3 is 4.57 Å². The monoisotopic (exact) mass is 737 g/mol. The predicted octanol–water partition coefficient (Wildman–Crippen LogP) is 12.5. The molecule has 4 aromatic heterocycles. The van der Waals surface area contributed by atoms with E-state index >= 15 is 0 Å². The van der Waals surface area contributed by atoms with Crippen LogP contribution in [0.2, 0.25) is 0 Å². The molecular weight excluding hydrogens is 697 g/mol. The molecule has 12 rings (SSSR count). The molecule has 0 saturated heterocycles. The van der Waals surface area contributed by atoms with Crippen molar-refractivity contribution in [3.63, 3.8) is 0 Å². The van der Waals surface area contributed by atoms with Gasteiger partial charge in [-0.05, 0) is 48.0 Å². The summed E-state index contributed by atoms with van der Waals surface area (Å²) in [5.41, 5.74) is 5.12. The lowest BCUT2D eigenvalue weighted by atomic mass is 9.99. The highest BCUT2D eigenvalue weighted by Crippen LogP contribution is 2.41. The van der Waals surface area contributed by atoms with Crippen LogP contribution in [0.15, 0.2) is 194 Å². The number of fused-ring (bicyclic) bond motifs is 9. The van der Waals surface area contributed by atoms with Gasteiger partial charge in [0.05, 0.1) is 51.1 Å². The maximum absolute atomic E-state index is 9.30. The Labute approximate surface area is 339 Å². The summed E-state index contributed by atoms with van der Waals surface area (Å²) in [7, 11) is 0. The van der Waals surface area contributed by atoms with Crippen molar-refractivity contribution in [1.29, 1.82) is 0 Å². The van der Waals surface area contributed by atoms with Crippen molar-refractivity contribution >= 4 is 65.4 Å². The summed E-state index contributed by atoms with van der Waals surface area (Å²) in [6, 6.07) is 40.8. The first-order chi connectivity index (χ1) is 32.0. The molecular formula is C51H32N6. The van der Waals surface area contributed by atoms with E-state index in [-0.39, 0.29) is 59.0 Å². The summed E-state index contributed by atoms with van der Waals surface area (Å²) in [5.74, 6) is 0.421. The molecule has 0 atom stereocenters. The highest BCUT2D eigenvalue weighted by Gasteiger charge is 2.24. The van der Waals surface area contributed by atoms with Gasteiger partial charge in [0.2, 0.25) is 11.9 Å². The van der Waals surface area contributed by atoms with Gasteiger partial charge in [-0.2, -0.15) is 15.0 Å². The molecule has 266 valence electrons. The highest BCUT2D eigenvalue weighted by molar-refractivity contribution is 6.12. The minimum absolute atomic E-state index is 0.00462. The van der Waals surface area contributed by atoms with Gasteiger partial charge in [0.15, 0.2) is 5.82 Å². The van der Waals surface area contributed by atoms with Gasteiger partial charge in [-0.15, -0.1) is 0 Å². The molecule has 6 nitrogen and oxygen atoms in total. The Balaban J connectivity index is 1.29. The summed E-state index contributed by atoms with van der Waals surface area (Å²) >= 11 is 0. The van der Waals surface area contributed by atoms with Crippen molar-refractivity contribution in [2.45, 2.75) is 0 Å². The van der Waals surface area contributed by atoms with Gasteiger partial charge in [0.1, 0.15) is 0 Å². The molecule has 6 heteroatoms. The number of hydrogen-bond acceptors (Lipinski definition) is 3. The van der Waals surface area contributed by atoms with E-state index in [1.165, 1.54) is 0 Å². The van der Waals surface area contributed by atoms with E-state index in [0.29, 0.717) is 33.1 Å². The Hall–Kier alpha value is -7.83. The Morgan fingerprint density at radius 3 is 1.30 bits per heavy atom. The quantitative estimate of drug-likeness (QED) is 0.177. The van der Waals surface area contributed by atoms with Crippen LogP contribution in [-0.2, 0) is 0 Å². The first-order valence-electron chi connectivity index (χ1n) is 23.0. The van der Waals surface area contributed by atoms with E-state index in [2.05, 4.69) is 0 Å². The van der Waals surface area contributed by atoms with Crippen LogP contribution in [0.5, 0.6) is 0 Å². The summed E-state index contributed by atoms with van der Waals surface area (Å²) in [4.78, 5) is 15.8. The molecule has 0 N–H and O–H groups in total. The van der Waals surface area contributed by atoms with Gasteiger partial charge in [0, 0.05) is 43.4 Å². The third-order valence-electron chi connectivity index (χ3n) is 10.7. The number of rotatable bonds is 5. The van der Waals surface area contributed by atoms with Crippen molar-refractivity contribution in [2.75, 3.05) is 0 Å². The molecule has 0 radical (unpaired) electrons. The summed E-state index contributed by atoms with van der Waals surface area (Å²) in [5, 5.41) is 4.65. The SMILES string of the molecule is [2H]c1c([2H])c([2H])c(-c2cccc(-c3nc(-n4c5ccccc5c5ccccc54)nc(-n4c5ccccc5c5c([2H])c([2H])c([2H])c([2H])c54)n3)c2-n2c3ccccc3c3ccccc32)c([2H])c1[2H]. The minimum Gasteiger partial charge on any atom is -0.308 e. The fraction of sp³-hybridized carbons (Fsp3) is 0. The van der Waals surface area contributed by atoms with E-state index < -0.39 is 24.2 Å². The maximum atomic E-state index is 9.30. The van der Waals surface area contributed by atoms with Crippen LogP contribution < -0.4 is 0 Å². The van der Waals surface area contributed by atoms with Gasteiger partial charge in [-0.1, -0.05) is 151 Å². The smallest absolute Gasteiger partial charge is 0.240 e. The molecule has 0 spiro atoms. The molecule has 0 bridgehead atoms. The zero-order valence-corrected chi connectivity index (χ0v) is 30.0. The summed E-state index contributed by atoms with van der Waals surface area (Å²) in [6.07, 6.45) is 0. The maximum Gasteiger partial charge on any atom is 0.240 e. The highest BCUT2D eigenvalue weighted by atomic mass is 15.3. The molecule has 8 aromatic carbocycles. The van der Waals surface area contributed by atoms with E-state index in [1.54, 1.807) is 16.7 Å². The third kappa shape index (κ3) is 4.68. The second-order valence-corrected chi connectivity index (χ2v) is 13.8. The molecule has 0 saturated carbocycles. The van der Waals surface area contributed by atoms with Crippen LogP contribution in [0.1, 0.15) is 12.3 Å². The van der Waals surface area contributed by atoms with E-state index in [9.17, 15) is 4.11 Å². The number of hydrogen-bond donors (Lipinski definition) is 0. The Kier molecular flexibility index (Phi) is 5.17. The van der Waals surface area contributed by atoms with E-state index in [0.717, 1.165) is 43.6 Å². The van der Waals surface area contributed by atoms with Crippen LogP contribution in [0.3, 0.4) is 0 Å². The second kappa shape index (κ2) is 12.3. The average Bonchev–Trinajstić information content (AvgIpc) is 4.00. The Morgan fingerprint density at radius 2 is 0.754 bits per heavy atom. The first-order valence-corrected chi connectivity index (χ1v) is 18.5. The van der Waals surface area contributed by atoms with E-state index in [4.69, 9.17) is 23.2 Å². The van der Waals surface area contributed by atoms with Crippen LogP contribution >= 0.6 is 0 Å². The topological polar surface area (TPSA) is 53.5 Å². The van der Waals surface area contributed by atoms with Crippen molar-refractivity contribution in [1.82, 2.24) is 28.7 Å². The van der Waals surface area contributed by atoms with Crippen LogP contribution in [-0.4, -0.2) is 28.7 Å². The fourth-order valence-corrected chi connectivity index (χ4v) is 8.40. The second-order valence-electron chi connectivity index (χ2n) is 13.8. The van der Waals surface area contributed by atoms with Gasteiger partial charge in [-0.3, -0.25) is 9.13 Å². The Morgan fingerprint density at radius 1 is 0.333 bits per heavy atom. The molecule has 12 aromatic rings. The zero-order chi connectivity index (χ0) is 45.3. The molecule has 0 aliphatic rings.